The second-order valence-electron chi connectivity index (χ2n) is 7.75. The molecule has 5 nitrogen and oxygen atoms in total. The van der Waals surface area contributed by atoms with Gasteiger partial charge in [0, 0.05) is 37.4 Å². The maximum absolute atomic E-state index is 12.9. The van der Waals surface area contributed by atoms with Gasteiger partial charge in [0.1, 0.15) is 6.54 Å². The molecule has 0 aliphatic heterocycles. The number of aryl methyl sites for hydroxylation is 1. The average molecular weight is 331 g/mol. The van der Waals surface area contributed by atoms with Crippen molar-refractivity contribution in [2.75, 3.05) is 13.1 Å². The predicted molar refractivity (Wildman–Crippen MR) is 93.1 cm³/mol. The number of carbonyl (C=O) groups is 2. The van der Waals surface area contributed by atoms with Crippen LogP contribution in [0, 0.1) is 11.8 Å². The Hall–Kier alpha value is -1.78. The van der Waals surface area contributed by atoms with Crippen LogP contribution in [-0.4, -0.2) is 45.3 Å². The highest BCUT2D eigenvalue weighted by molar-refractivity contribution is 5.87. The van der Waals surface area contributed by atoms with Crippen molar-refractivity contribution in [2.45, 2.75) is 52.1 Å². The number of aromatic nitrogens is 1. The Kier molecular flexibility index (Phi) is 4.97. The van der Waals surface area contributed by atoms with E-state index in [0.717, 1.165) is 37.9 Å². The number of amides is 2. The molecule has 2 amide bonds. The molecule has 0 bridgehead atoms. The van der Waals surface area contributed by atoms with Gasteiger partial charge in [0.25, 0.3) is 0 Å². The minimum Gasteiger partial charge on any atom is -0.353 e. The number of carbonyl (C=O) groups excluding carboxylic acids is 2. The lowest BCUT2D eigenvalue weighted by atomic mass is 10.2. The van der Waals surface area contributed by atoms with E-state index in [-0.39, 0.29) is 24.3 Å². The summed E-state index contributed by atoms with van der Waals surface area (Å²) in [4.78, 5) is 29.2. The fourth-order valence-electron chi connectivity index (χ4n) is 3.14. The number of rotatable bonds is 8. The molecule has 0 radical (unpaired) electrons. The third-order valence-electron chi connectivity index (χ3n) is 4.85. The normalized spacial score (nSPS) is 17.2. The highest BCUT2D eigenvalue weighted by Gasteiger charge is 2.41. The standard InChI is InChI=1S/C19H29N3O2/c1-14(2)11-21(12-17-5-4-10-20(17)3)18(23)13-22(16-8-9-16)19(24)15-6-7-15/h4-5,10,14-16H,6-9,11-13H2,1-3H3. The van der Waals surface area contributed by atoms with E-state index in [9.17, 15) is 9.59 Å². The lowest BCUT2D eigenvalue weighted by Gasteiger charge is -2.29. The first-order valence-corrected chi connectivity index (χ1v) is 9.14. The van der Waals surface area contributed by atoms with Gasteiger partial charge in [-0.05, 0) is 43.7 Å². The SMILES string of the molecule is CC(C)CN(Cc1cccn1C)C(=O)CN(C(=O)C1CC1)C1CC1. The van der Waals surface area contributed by atoms with Crippen molar-refractivity contribution in [1.82, 2.24) is 14.4 Å². The van der Waals surface area contributed by atoms with Crippen molar-refractivity contribution in [1.29, 1.82) is 0 Å². The van der Waals surface area contributed by atoms with E-state index in [1.165, 1.54) is 0 Å². The van der Waals surface area contributed by atoms with Crippen LogP contribution in [-0.2, 0) is 23.2 Å². The minimum atomic E-state index is 0.0748. The zero-order chi connectivity index (χ0) is 17.3. The van der Waals surface area contributed by atoms with Crippen LogP contribution in [0.5, 0.6) is 0 Å². The second kappa shape index (κ2) is 6.99. The van der Waals surface area contributed by atoms with E-state index in [1.54, 1.807) is 0 Å². The number of hydrogen-bond acceptors (Lipinski definition) is 2. The van der Waals surface area contributed by atoms with E-state index < -0.39 is 0 Å². The van der Waals surface area contributed by atoms with Crippen molar-refractivity contribution in [2.24, 2.45) is 18.9 Å². The Balaban J connectivity index is 1.67. The second-order valence-corrected chi connectivity index (χ2v) is 7.75. The molecule has 1 aromatic heterocycles. The van der Waals surface area contributed by atoms with Crippen molar-refractivity contribution in [3.05, 3.63) is 24.0 Å². The van der Waals surface area contributed by atoms with Crippen LogP contribution in [0.25, 0.3) is 0 Å². The summed E-state index contributed by atoms with van der Waals surface area (Å²) in [6, 6.07) is 4.35. The van der Waals surface area contributed by atoms with Crippen LogP contribution in [0.2, 0.25) is 0 Å². The smallest absolute Gasteiger partial charge is 0.242 e. The zero-order valence-electron chi connectivity index (χ0n) is 15.1. The lowest BCUT2D eigenvalue weighted by molar-refractivity contribution is -0.142. The Morgan fingerprint density at radius 2 is 1.96 bits per heavy atom. The molecule has 0 atom stereocenters. The summed E-state index contributed by atoms with van der Waals surface area (Å²) in [5, 5.41) is 0. The first kappa shape index (κ1) is 17.1. The van der Waals surface area contributed by atoms with E-state index in [1.807, 2.05) is 29.1 Å². The van der Waals surface area contributed by atoms with Crippen LogP contribution in [0.1, 0.15) is 45.2 Å². The maximum atomic E-state index is 12.9. The molecule has 0 aromatic carbocycles. The Morgan fingerprint density at radius 1 is 1.25 bits per heavy atom. The van der Waals surface area contributed by atoms with Crippen LogP contribution in [0.3, 0.4) is 0 Å². The predicted octanol–water partition coefficient (Wildman–Crippen LogP) is 2.41. The first-order valence-electron chi connectivity index (χ1n) is 9.14. The van der Waals surface area contributed by atoms with E-state index in [4.69, 9.17) is 0 Å². The van der Waals surface area contributed by atoms with Gasteiger partial charge in [-0.1, -0.05) is 13.8 Å². The molecule has 24 heavy (non-hydrogen) atoms. The quantitative estimate of drug-likeness (QED) is 0.734. The summed E-state index contributed by atoms with van der Waals surface area (Å²) in [7, 11) is 2.00. The molecule has 132 valence electrons. The van der Waals surface area contributed by atoms with Crippen LogP contribution < -0.4 is 0 Å². The maximum Gasteiger partial charge on any atom is 0.242 e. The summed E-state index contributed by atoms with van der Waals surface area (Å²) in [6.45, 7) is 5.83. The Bertz CT molecular complexity index is 600. The highest BCUT2D eigenvalue weighted by Crippen LogP contribution is 2.35. The molecule has 0 saturated heterocycles. The summed E-state index contributed by atoms with van der Waals surface area (Å²) in [6.07, 6.45) is 6.09. The van der Waals surface area contributed by atoms with Gasteiger partial charge in [0.2, 0.25) is 11.8 Å². The van der Waals surface area contributed by atoms with Crippen molar-refractivity contribution in [3.63, 3.8) is 0 Å². The molecule has 0 unspecified atom stereocenters. The molecule has 2 fully saturated rings. The van der Waals surface area contributed by atoms with Gasteiger partial charge in [-0.2, -0.15) is 0 Å². The topological polar surface area (TPSA) is 45.6 Å². The molecule has 2 aliphatic rings. The average Bonchev–Trinajstić information content (AvgIpc) is 3.43. The molecular formula is C19H29N3O2. The van der Waals surface area contributed by atoms with Gasteiger partial charge >= 0.3 is 0 Å². The largest absolute Gasteiger partial charge is 0.353 e. The molecular weight excluding hydrogens is 302 g/mol. The minimum absolute atomic E-state index is 0.0748. The van der Waals surface area contributed by atoms with E-state index in [2.05, 4.69) is 24.5 Å². The fraction of sp³-hybridized carbons (Fsp3) is 0.684. The van der Waals surface area contributed by atoms with E-state index in [0.29, 0.717) is 18.5 Å². The van der Waals surface area contributed by atoms with Crippen molar-refractivity contribution >= 4 is 11.8 Å². The van der Waals surface area contributed by atoms with Gasteiger partial charge in [-0.15, -0.1) is 0 Å². The number of hydrogen-bond donors (Lipinski definition) is 0. The van der Waals surface area contributed by atoms with E-state index >= 15 is 0 Å². The van der Waals surface area contributed by atoms with Gasteiger partial charge in [-0.3, -0.25) is 9.59 Å². The fourth-order valence-corrected chi connectivity index (χ4v) is 3.14. The number of nitrogens with zero attached hydrogens (tertiary/aromatic N) is 3. The summed E-state index contributed by atoms with van der Waals surface area (Å²) >= 11 is 0. The monoisotopic (exact) mass is 331 g/mol. The molecule has 5 heteroatoms. The third-order valence-corrected chi connectivity index (χ3v) is 4.85. The third kappa shape index (κ3) is 4.19. The summed E-state index contributed by atoms with van der Waals surface area (Å²) in [5.74, 6) is 0.868. The van der Waals surface area contributed by atoms with Crippen LogP contribution in [0.4, 0.5) is 0 Å². The van der Waals surface area contributed by atoms with Crippen LogP contribution in [0.15, 0.2) is 18.3 Å². The molecule has 2 saturated carbocycles. The van der Waals surface area contributed by atoms with Gasteiger partial charge < -0.3 is 14.4 Å². The molecule has 2 aliphatic carbocycles. The van der Waals surface area contributed by atoms with Crippen molar-refractivity contribution < 1.29 is 9.59 Å². The van der Waals surface area contributed by atoms with Crippen LogP contribution >= 0.6 is 0 Å². The van der Waals surface area contributed by atoms with Gasteiger partial charge in [0.05, 0.1) is 6.54 Å². The van der Waals surface area contributed by atoms with Gasteiger partial charge in [0.15, 0.2) is 0 Å². The summed E-state index contributed by atoms with van der Waals surface area (Å²) < 4.78 is 2.05. The lowest BCUT2D eigenvalue weighted by Crippen LogP contribution is -2.45. The molecule has 1 aromatic rings. The van der Waals surface area contributed by atoms with Crippen molar-refractivity contribution in [3.8, 4) is 0 Å². The molecule has 0 spiro atoms. The molecule has 0 N–H and O–H groups in total. The first-order chi connectivity index (χ1) is 11.5. The molecule has 1 heterocycles. The zero-order valence-corrected chi connectivity index (χ0v) is 15.1. The Labute approximate surface area is 144 Å². The highest BCUT2D eigenvalue weighted by atomic mass is 16.2. The van der Waals surface area contributed by atoms with Gasteiger partial charge in [-0.25, -0.2) is 0 Å². The Morgan fingerprint density at radius 3 is 2.46 bits per heavy atom. The summed E-state index contributed by atoms with van der Waals surface area (Å²) in [5.41, 5.74) is 1.12. The molecule has 3 rings (SSSR count).